The second-order valence-corrected chi connectivity index (χ2v) is 4.28. The highest BCUT2D eigenvalue weighted by molar-refractivity contribution is 5.74. The number of imidazole rings is 1. The van der Waals surface area contributed by atoms with Gasteiger partial charge in [-0.1, -0.05) is 5.16 Å². The fourth-order valence-electron chi connectivity index (χ4n) is 1.92. The number of hydrogen-bond donors (Lipinski definition) is 1. The van der Waals surface area contributed by atoms with Crippen molar-refractivity contribution in [1.29, 1.82) is 0 Å². The average molecular weight is 243 g/mol. The average Bonchev–Trinajstić information content (AvgIpc) is 2.86. The number of nitrogens with zero attached hydrogens (tertiary/aromatic N) is 4. The van der Waals surface area contributed by atoms with Crippen LogP contribution in [0.1, 0.15) is 17.1 Å². The van der Waals surface area contributed by atoms with E-state index >= 15 is 0 Å². The van der Waals surface area contributed by atoms with Gasteiger partial charge in [0.05, 0.1) is 6.54 Å². The number of rotatable bonds is 2. The van der Waals surface area contributed by atoms with E-state index < -0.39 is 0 Å². The first-order valence-electron chi connectivity index (χ1n) is 5.65. The molecule has 3 heterocycles. The van der Waals surface area contributed by atoms with Gasteiger partial charge in [0.2, 0.25) is 5.95 Å². The van der Waals surface area contributed by atoms with Crippen molar-refractivity contribution in [3.8, 4) is 0 Å². The zero-order valence-corrected chi connectivity index (χ0v) is 10.2. The van der Waals surface area contributed by atoms with Gasteiger partial charge in [-0.05, 0) is 26.0 Å². The lowest BCUT2D eigenvalue weighted by Gasteiger charge is -2.02. The maximum absolute atomic E-state index is 5.91. The van der Waals surface area contributed by atoms with Crippen molar-refractivity contribution in [3.05, 3.63) is 35.3 Å². The lowest BCUT2D eigenvalue weighted by molar-refractivity contribution is 0.389. The summed E-state index contributed by atoms with van der Waals surface area (Å²) >= 11 is 0. The molecule has 0 fully saturated rings. The van der Waals surface area contributed by atoms with Crippen molar-refractivity contribution in [1.82, 2.24) is 19.7 Å². The highest BCUT2D eigenvalue weighted by Gasteiger charge is 2.11. The molecule has 0 radical (unpaired) electrons. The Labute approximate surface area is 103 Å². The molecule has 0 aromatic carbocycles. The summed E-state index contributed by atoms with van der Waals surface area (Å²) in [6.07, 6.45) is 0. The molecule has 3 aromatic heterocycles. The van der Waals surface area contributed by atoms with Crippen molar-refractivity contribution in [2.24, 2.45) is 0 Å². The second kappa shape index (κ2) is 3.83. The summed E-state index contributed by atoms with van der Waals surface area (Å²) in [5, 5.41) is 3.95. The topological polar surface area (TPSA) is 82.8 Å². The summed E-state index contributed by atoms with van der Waals surface area (Å²) in [7, 11) is 0. The molecule has 0 aliphatic heterocycles. The highest BCUT2D eigenvalue weighted by Crippen LogP contribution is 2.18. The van der Waals surface area contributed by atoms with E-state index in [1.807, 2.05) is 36.6 Å². The second-order valence-electron chi connectivity index (χ2n) is 4.28. The number of hydrogen-bond acceptors (Lipinski definition) is 5. The largest absolute Gasteiger partial charge is 0.369 e. The minimum absolute atomic E-state index is 0.434. The summed E-state index contributed by atoms with van der Waals surface area (Å²) in [5.41, 5.74) is 9.21. The monoisotopic (exact) mass is 243 g/mol. The first kappa shape index (κ1) is 10.8. The van der Waals surface area contributed by atoms with Crippen LogP contribution in [-0.2, 0) is 6.54 Å². The Bertz CT molecular complexity index is 712. The molecule has 0 saturated heterocycles. The van der Waals surface area contributed by atoms with E-state index in [-0.39, 0.29) is 0 Å². The standard InChI is InChI=1S/C12H13N5O/c1-7-3-4-10-11(14-7)17(12(13)15-10)6-9-5-8(2)18-16-9/h3-5H,6H2,1-2H3,(H2,13,15). The number of nitrogens with two attached hydrogens (primary N) is 1. The first-order chi connectivity index (χ1) is 8.63. The van der Waals surface area contributed by atoms with Gasteiger partial charge < -0.3 is 10.3 Å². The Hall–Kier alpha value is -2.37. The summed E-state index contributed by atoms with van der Waals surface area (Å²) in [5.74, 6) is 1.21. The van der Waals surface area contributed by atoms with Crippen molar-refractivity contribution in [3.63, 3.8) is 0 Å². The van der Waals surface area contributed by atoms with E-state index in [1.165, 1.54) is 0 Å². The molecule has 92 valence electrons. The first-order valence-corrected chi connectivity index (χ1v) is 5.65. The maximum atomic E-state index is 5.91. The highest BCUT2D eigenvalue weighted by atomic mass is 16.5. The smallest absolute Gasteiger partial charge is 0.202 e. The number of nitrogen functional groups attached to an aromatic ring is 1. The Morgan fingerprint density at radius 2 is 2.11 bits per heavy atom. The Morgan fingerprint density at radius 1 is 1.28 bits per heavy atom. The van der Waals surface area contributed by atoms with E-state index in [0.717, 1.165) is 28.3 Å². The van der Waals surface area contributed by atoms with Crippen LogP contribution in [-0.4, -0.2) is 19.7 Å². The Balaban J connectivity index is 2.10. The van der Waals surface area contributed by atoms with Gasteiger partial charge in [0.15, 0.2) is 5.65 Å². The van der Waals surface area contributed by atoms with Crippen LogP contribution in [0.5, 0.6) is 0 Å². The molecule has 3 rings (SSSR count). The summed E-state index contributed by atoms with van der Waals surface area (Å²) in [4.78, 5) is 8.74. The van der Waals surface area contributed by atoms with Gasteiger partial charge in [0.1, 0.15) is 17.0 Å². The minimum atomic E-state index is 0.434. The van der Waals surface area contributed by atoms with Crippen LogP contribution in [0.15, 0.2) is 22.7 Å². The molecule has 2 N–H and O–H groups in total. The van der Waals surface area contributed by atoms with Gasteiger partial charge in [0, 0.05) is 11.8 Å². The molecule has 6 nitrogen and oxygen atoms in total. The number of pyridine rings is 1. The quantitative estimate of drug-likeness (QED) is 0.740. The zero-order valence-electron chi connectivity index (χ0n) is 10.2. The third-order valence-electron chi connectivity index (χ3n) is 2.76. The number of aryl methyl sites for hydroxylation is 2. The number of fused-ring (bicyclic) bond motifs is 1. The Morgan fingerprint density at radius 3 is 2.83 bits per heavy atom. The van der Waals surface area contributed by atoms with E-state index in [4.69, 9.17) is 10.3 Å². The predicted molar refractivity (Wildman–Crippen MR) is 67.0 cm³/mol. The third-order valence-corrected chi connectivity index (χ3v) is 2.76. The fraction of sp³-hybridized carbons (Fsp3) is 0.250. The van der Waals surface area contributed by atoms with E-state index in [2.05, 4.69) is 15.1 Å². The predicted octanol–water partition coefficient (Wildman–Crippen LogP) is 1.67. The molecule has 0 aliphatic carbocycles. The number of aromatic nitrogens is 4. The lowest BCUT2D eigenvalue weighted by atomic mass is 10.3. The van der Waals surface area contributed by atoms with Gasteiger partial charge >= 0.3 is 0 Å². The third kappa shape index (κ3) is 1.71. The molecule has 0 unspecified atom stereocenters. The zero-order chi connectivity index (χ0) is 12.7. The molecule has 0 amide bonds. The maximum Gasteiger partial charge on any atom is 0.202 e. The summed E-state index contributed by atoms with van der Waals surface area (Å²) < 4.78 is 6.88. The molecular weight excluding hydrogens is 230 g/mol. The summed E-state index contributed by atoms with van der Waals surface area (Å²) in [6, 6.07) is 5.71. The van der Waals surface area contributed by atoms with Crippen LogP contribution in [0.2, 0.25) is 0 Å². The Kier molecular flexibility index (Phi) is 2.29. The molecule has 3 aromatic rings. The van der Waals surface area contributed by atoms with Crippen LogP contribution in [0.4, 0.5) is 5.95 Å². The van der Waals surface area contributed by atoms with Gasteiger partial charge in [0.25, 0.3) is 0 Å². The van der Waals surface area contributed by atoms with Crippen molar-refractivity contribution < 1.29 is 4.52 Å². The molecular formula is C12H13N5O. The van der Waals surface area contributed by atoms with Crippen LogP contribution >= 0.6 is 0 Å². The minimum Gasteiger partial charge on any atom is -0.369 e. The molecule has 6 heteroatoms. The molecule has 0 bridgehead atoms. The summed E-state index contributed by atoms with van der Waals surface area (Å²) in [6.45, 7) is 4.30. The van der Waals surface area contributed by atoms with Crippen LogP contribution in [0.3, 0.4) is 0 Å². The van der Waals surface area contributed by atoms with Crippen molar-refractivity contribution in [2.75, 3.05) is 5.73 Å². The van der Waals surface area contributed by atoms with Crippen LogP contribution in [0.25, 0.3) is 11.2 Å². The molecule has 0 spiro atoms. The molecule has 0 atom stereocenters. The normalized spacial score (nSPS) is 11.2. The van der Waals surface area contributed by atoms with Crippen LogP contribution in [0, 0.1) is 13.8 Å². The van der Waals surface area contributed by atoms with Gasteiger partial charge in [-0.25, -0.2) is 9.97 Å². The van der Waals surface area contributed by atoms with E-state index in [9.17, 15) is 0 Å². The molecule has 0 saturated carbocycles. The van der Waals surface area contributed by atoms with Gasteiger partial charge in [-0.2, -0.15) is 0 Å². The van der Waals surface area contributed by atoms with Crippen molar-refractivity contribution >= 4 is 17.1 Å². The van der Waals surface area contributed by atoms with E-state index in [0.29, 0.717) is 12.5 Å². The number of anilines is 1. The van der Waals surface area contributed by atoms with Crippen molar-refractivity contribution in [2.45, 2.75) is 20.4 Å². The van der Waals surface area contributed by atoms with E-state index in [1.54, 1.807) is 0 Å². The van der Waals surface area contributed by atoms with Crippen LogP contribution < -0.4 is 5.73 Å². The lowest BCUT2D eigenvalue weighted by Crippen LogP contribution is -2.05. The molecule has 18 heavy (non-hydrogen) atoms. The molecule has 0 aliphatic rings. The fourth-order valence-corrected chi connectivity index (χ4v) is 1.92. The SMILES string of the molecule is Cc1ccc2nc(N)n(Cc3cc(C)on3)c2n1. The van der Waals surface area contributed by atoms with Gasteiger partial charge in [-0.3, -0.25) is 4.57 Å². The van der Waals surface area contributed by atoms with Gasteiger partial charge in [-0.15, -0.1) is 0 Å².